The van der Waals surface area contributed by atoms with Crippen LogP contribution in [0.4, 0.5) is 5.69 Å². The molecule has 100 valence electrons. The van der Waals surface area contributed by atoms with Crippen LogP contribution in [0.5, 0.6) is 5.75 Å². The summed E-state index contributed by atoms with van der Waals surface area (Å²) in [7, 11) is 1.41. The number of benzene rings is 1. The predicted molar refractivity (Wildman–Crippen MR) is 68.7 cm³/mol. The third kappa shape index (κ3) is 2.83. The topological polar surface area (TPSA) is 79.4 Å². The van der Waals surface area contributed by atoms with Crippen LogP contribution in [0.1, 0.15) is 18.4 Å². The molecule has 0 aromatic heterocycles. The lowest BCUT2D eigenvalue weighted by Gasteiger charge is -2.18. The molecule has 1 aromatic carbocycles. The normalized spacial score (nSPS) is 19.1. The minimum atomic E-state index is -0.450. The molecular weight excluding hydrogens is 246 g/mol. The fraction of sp³-hybridized carbons (Fsp3) is 0.462. The molecule has 1 saturated heterocycles. The van der Waals surface area contributed by atoms with Crippen molar-refractivity contribution in [3.05, 3.63) is 33.9 Å². The SMILES string of the molecule is COc1ccc(CN2CCCC2C#N)cc1[N+](=O)[O-]. The van der Waals surface area contributed by atoms with Gasteiger partial charge in [-0.2, -0.15) is 5.26 Å². The molecule has 1 heterocycles. The van der Waals surface area contributed by atoms with Crippen molar-refractivity contribution in [3.8, 4) is 11.8 Å². The summed E-state index contributed by atoms with van der Waals surface area (Å²) in [6.45, 7) is 1.42. The van der Waals surface area contributed by atoms with Gasteiger partial charge in [0.2, 0.25) is 0 Å². The van der Waals surface area contributed by atoms with Crippen molar-refractivity contribution < 1.29 is 9.66 Å². The van der Waals surface area contributed by atoms with Gasteiger partial charge >= 0.3 is 5.69 Å². The van der Waals surface area contributed by atoms with E-state index in [9.17, 15) is 10.1 Å². The molecule has 19 heavy (non-hydrogen) atoms. The summed E-state index contributed by atoms with van der Waals surface area (Å²) in [6, 6.07) is 7.10. The first kappa shape index (κ1) is 13.3. The summed E-state index contributed by atoms with van der Waals surface area (Å²) in [6.07, 6.45) is 1.87. The molecule has 6 heteroatoms. The highest BCUT2D eigenvalue weighted by molar-refractivity contribution is 5.48. The summed E-state index contributed by atoms with van der Waals surface area (Å²) >= 11 is 0. The summed E-state index contributed by atoms with van der Waals surface area (Å²) in [5.74, 6) is 0.256. The van der Waals surface area contributed by atoms with Crippen LogP contribution in [-0.4, -0.2) is 29.5 Å². The molecule has 0 bridgehead atoms. The molecule has 1 aliphatic heterocycles. The number of nitrogens with zero attached hydrogens (tertiary/aromatic N) is 3. The highest BCUT2D eigenvalue weighted by Gasteiger charge is 2.25. The molecule has 2 rings (SSSR count). The number of nitro groups is 1. The monoisotopic (exact) mass is 261 g/mol. The number of hydrogen-bond donors (Lipinski definition) is 0. The molecule has 6 nitrogen and oxygen atoms in total. The summed E-state index contributed by atoms with van der Waals surface area (Å²) in [5, 5.41) is 20.0. The molecule has 0 radical (unpaired) electrons. The summed E-state index contributed by atoms with van der Waals surface area (Å²) < 4.78 is 4.97. The fourth-order valence-corrected chi connectivity index (χ4v) is 2.37. The highest BCUT2D eigenvalue weighted by atomic mass is 16.6. The lowest BCUT2D eigenvalue weighted by Crippen LogP contribution is -2.27. The van der Waals surface area contributed by atoms with E-state index in [0.717, 1.165) is 24.9 Å². The van der Waals surface area contributed by atoms with E-state index in [1.807, 2.05) is 4.90 Å². The van der Waals surface area contributed by atoms with Gasteiger partial charge < -0.3 is 4.74 Å². The van der Waals surface area contributed by atoms with Gasteiger partial charge in [0.15, 0.2) is 5.75 Å². The fourth-order valence-electron chi connectivity index (χ4n) is 2.37. The van der Waals surface area contributed by atoms with Crippen molar-refractivity contribution in [2.75, 3.05) is 13.7 Å². The Morgan fingerprint density at radius 1 is 1.63 bits per heavy atom. The number of rotatable bonds is 4. The molecule has 1 aromatic rings. The third-order valence-electron chi connectivity index (χ3n) is 3.34. The van der Waals surface area contributed by atoms with Gasteiger partial charge in [0.25, 0.3) is 0 Å². The quantitative estimate of drug-likeness (QED) is 0.612. The van der Waals surface area contributed by atoms with Crippen LogP contribution in [0, 0.1) is 21.4 Å². The van der Waals surface area contributed by atoms with Crippen molar-refractivity contribution in [2.45, 2.75) is 25.4 Å². The largest absolute Gasteiger partial charge is 0.490 e. The van der Waals surface area contributed by atoms with Crippen LogP contribution in [0.25, 0.3) is 0 Å². The Balaban J connectivity index is 2.20. The maximum Gasteiger partial charge on any atom is 0.311 e. The number of methoxy groups -OCH3 is 1. The van der Waals surface area contributed by atoms with Crippen LogP contribution >= 0.6 is 0 Å². The van der Waals surface area contributed by atoms with Crippen molar-refractivity contribution in [3.63, 3.8) is 0 Å². The molecule has 0 aliphatic carbocycles. The van der Waals surface area contributed by atoms with E-state index in [1.165, 1.54) is 13.2 Å². The first-order valence-corrected chi connectivity index (χ1v) is 6.10. The van der Waals surface area contributed by atoms with E-state index >= 15 is 0 Å². The first-order valence-electron chi connectivity index (χ1n) is 6.10. The Hall–Kier alpha value is -2.13. The van der Waals surface area contributed by atoms with Crippen molar-refractivity contribution in [1.82, 2.24) is 4.90 Å². The Morgan fingerprint density at radius 3 is 3.05 bits per heavy atom. The molecule has 1 aliphatic rings. The van der Waals surface area contributed by atoms with Crippen LogP contribution in [-0.2, 0) is 6.54 Å². The zero-order chi connectivity index (χ0) is 13.8. The van der Waals surface area contributed by atoms with Gasteiger partial charge in [-0.05, 0) is 31.0 Å². The average Bonchev–Trinajstić information content (AvgIpc) is 2.85. The number of likely N-dealkylation sites (tertiary alicyclic amines) is 1. The van der Waals surface area contributed by atoms with Gasteiger partial charge in [-0.15, -0.1) is 0 Å². The number of hydrogen-bond acceptors (Lipinski definition) is 5. The second-order valence-electron chi connectivity index (χ2n) is 4.52. The Kier molecular flexibility index (Phi) is 3.97. The van der Waals surface area contributed by atoms with Gasteiger partial charge in [0.05, 0.1) is 24.1 Å². The van der Waals surface area contributed by atoms with Crippen LogP contribution in [0.3, 0.4) is 0 Å². The van der Waals surface area contributed by atoms with Gasteiger partial charge in [0.1, 0.15) is 0 Å². The predicted octanol–water partition coefficient (Wildman–Crippen LogP) is 2.09. The molecule has 0 spiro atoms. The Labute approximate surface area is 111 Å². The second-order valence-corrected chi connectivity index (χ2v) is 4.52. The van der Waals surface area contributed by atoms with E-state index in [-0.39, 0.29) is 17.5 Å². The standard InChI is InChI=1S/C13H15N3O3/c1-19-13-5-4-10(7-12(13)16(17)18)9-15-6-2-3-11(15)8-14/h4-5,7,11H,2-3,6,9H2,1H3. The zero-order valence-corrected chi connectivity index (χ0v) is 10.7. The average molecular weight is 261 g/mol. The molecular formula is C13H15N3O3. The van der Waals surface area contributed by atoms with E-state index < -0.39 is 4.92 Å². The van der Waals surface area contributed by atoms with Crippen LogP contribution < -0.4 is 4.74 Å². The van der Waals surface area contributed by atoms with Crippen LogP contribution in [0.2, 0.25) is 0 Å². The van der Waals surface area contributed by atoms with E-state index in [1.54, 1.807) is 12.1 Å². The number of nitro benzene ring substituents is 1. The van der Waals surface area contributed by atoms with Gasteiger partial charge in [0, 0.05) is 12.6 Å². The smallest absolute Gasteiger partial charge is 0.311 e. The minimum Gasteiger partial charge on any atom is -0.490 e. The number of nitriles is 1. The molecule has 1 atom stereocenters. The molecule has 0 N–H and O–H groups in total. The van der Waals surface area contributed by atoms with Gasteiger partial charge in [-0.3, -0.25) is 15.0 Å². The van der Waals surface area contributed by atoms with Gasteiger partial charge in [-0.1, -0.05) is 6.07 Å². The second kappa shape index (κ2) is 5.67. The van der Waals surface area contributed by atoms with E-state index in [4.69, 9.17) is 10.00 Å². The van der Waals surface area contributed by atoms with Gasteiger partial charge in [-0.25, -0.2) is 0 Å². The maximum absolute atomic E-state index is 11.0. The highest BCUT2D eigenvalue weighted by Crippen LogP contribution is 2.29. The van der Waals surface area contributed by atoms with E-state index in [0.29, 0.717) is 6.54 Å². The lowest BCUT2D eigenvalue weighted by atomic mass is 10.1. The first-order chi connectivity index (χ1) is 9.15. The van der Waals surface area contributed by atoms with Crippen molar-refractivity contribution in [2.24, 2.45) is 0 Å². The Bertz CT molecular complexity index is 524. The summed E-state index contributed by atoms with van der Waals surface area (Å²) in [4.78, 5) is 12.5. The van der Waals surface area contributed by atoms with Crippen LogP contribution in [0.15, 0.2) is 18.2 Å². The summed E-state index contributed by atoms with van der Waals surface area (Å²) in [5.41, 5.74) is 0.794. The lowest BCUT2D eigenvalue weighted by molar-refractivity contribution is -0.385. The third-order valence-corrected chi connectivity index (χ3v) is 3.34. The Morgan fingerprint density at radius 2 is 2.42 bits per heavy atom. The van der Waals surface area contributed by atoms with Crippen molar-refractivity contribution in [1.29, 1.82) is 5.26 Å². The zero-order valence-electron chi connectivity index (χ0n) is 10.7. The molecule has 1 unspecified atom stereocenters. The molecule has 0 amide bonds. The number of ether oxygens (including phenoxy) is 1. The maximum atomic E-state index is 11.0. The van der Waals surface area contributed by atoms with E-state index in [2.05, 4.69) is 6.07 Å². The molecule has 0 saturated carbocycles. The van der Waals surface area contributed by atoms with Crippen molar-refractivity contribution >= 4 is 5.69 Å². The molecule has 1 fully saturated rings. The minimum absolute atomic E-state index is 0.0345.